The van der Waals surface area contributed by atoms with Crippen molar-refractivity contribution in [2.45, 2.75) is 57.2 Å². The van der Waals surface area contributed by atoms with E-state index in [0.717, 1.165) is 37.5 Å². The Kier molecular flexibility index (Phi) is 11.5. The average Bonchev–Trinajstić information content (AvgIpc) is 2.96. The summed E-state index contributed by atoms with van der Waals surface area (Å²) in [5, 5.41) is 12.2. The van der Waals surface area contributed by atoms with Gasteiger partial charge in [0.1, 0.15) is 19.8 Å². The number of rotatable bonds is 13. The number of hydrogen-bond donors (Lipinski definition) is 4. The van der Waals surface area contributed by atoms with Gasteiger partial charge < -0.3 is 31.3 Å². The van der Waals surface area contributed by atoms with Gasteiger partial charge in [-0.2, -0.15) is 0 Å². The van der Waals surface area contributed by atoms with Crippen LogP contribution in [0.2, 0.25) is 0 Å². The van der Waals surface area contributed by atoms with Crippen molar-refractivity contribution in [3.05, 3.63) is 48.2 Å². The molecule has 0 radical (unpaired) electrons. The third-order valence-electron chi connectivity index (χ3n) is 7.32. The highest BCUT2D eigenvalue weighted by Crippen LogP contribution is 2.40. The number of ketones is 1. The highest BCUT2D eigenvalue weighted by atomic mass is 16.6. The van der Waals surface area contributed by atoms with Crippen molar-refractivity contribution >= 4 is 30.0 Å². The summed E-state index contributed by atoms with van der Waals surface area (Å²) in [6.45, 7) is 4.26. The highest BCUT2D eigenvalue weighted by Gasteiger charge is 2.41. The second-order valence-corrected chi connectivity index (χ2v) is 9.98. The van der Waals surface area contributed by atoms with E-state index in [2.05, 4.69) is 17.2 Å². The number of esters is 1. The van der Waals surface area contributed by atoms with Gasteiger partial charge in [0.15, 0.2) is 0 Å². The SMILES string of the molecule is C=C(NC(CCN)C(=O)C(=O)NCC(=O)OCC=N)[C@@H]1C[C@@H]2CCCCC2CN1C(=O)OCc1ccccc1. The smallest absolute Gasteiger partial charge is 0.410 e. The number of nitrogens with one attached hydrogen (secondary N) is 3. The summed E-state index contributed by atoms with van der Waals surface area (Å²) in [7, 11) is 0. The minimum atomic E-state index is -0.980. The summed E-state index contributed by atoms with van der Waals surface area (Å²) in [4.78, 5) is 52.0. The van der Waals surface area contributed by atoms with Crippen LogP contribution in [0.4, 0.5) is 4.79 Å². The molecule has 1 aromatic rings. The summed E-state index contributed by atoms with van der Waals surface area (Å²) in [6.07, 6.45) is 5.70. The second-order valence-electron chi connectivity index (χ2n) is 9.98. The van der Waals surface area contributed by atoms with E-state index in [-0.39, 0.29) is 26.2 Å². The van der Waals surface area contributed by atoms with Gasteiger partial charge in [0, 0.05) is 18.5 Å². The maximum atomic E-state index is 13.3. The fourth-order valence-electron chi connectivity index (χ4n) is 5.30. The molecule has 212 valence electrons. The van der Waals surface area contributed by atoms with Crippen molar-refractivity contribution in [3.8, 4) is 0 Å². The summed E-state index contributed by atoms with van der Waals surface area (Å²) < 4.78 is 10.3. The number of piperidine rings is 1. The number of fused-ring (bicyclic) bond motifs is 1. The average molecular weight is 542 g/mol. The van der Waals surface area contributed by atoms with Gasteiger partial charge in [-0.25, -0.2) is 4.79 Å². The Morgan fingerprint density at radius 1 is 1.13 bits per heavy atom. The normalized spacial score (nSPS) is 21.1. The molecule has 11 nitrogen and oxygen atoms in total. The fourth-order valence-corrected chi connectivity index (χ4v) is 5.30. The Morgan fingerprint density at radius 2 is 1.85 bits per heavy atom. The van der Waals surface area contributed by atoms with Gasteiger partial charge >= 0.3 is 12.1 Å². The molecule has 2 unspecified atom stereocenters. The maximum absolute atomic E-state index is 13.3. The molecule has 1 saturated heterocycles. The van der Waals surface area contributed by atoms with Crippen molar-refractivity contribution < 1.29 is 28.7 Å². The molecule has 3 rings (SSSR count). The first-order chi connectivity index (χ1) is 18.8. The van der Waals surface area contributed by atoms with Crippen LogP contribution in [0.15, 0.2) is 42.6 Å². The predicted molar refractivity (Wildman–Crippen MR) is 145 cm³/mol. The molecule has 2 fully saturated rings. The van der Waals surface area contributed by atoms with Crippen LogP contribution in [0.3, 0.4) is 0 Å². The molecule has 2 aliphatic rings. The molecule has 0 aromatic heterocycles. The Hall–Kier alpha value is -3.73. The van der Waals surface area contributed by atoms with Crippen LogP contribution in [0.25, 0.3) is 0 Å². The van der Waals surface area contributed by atoms with E-state index in [0.29, 0.717) is 30.5 Å². The molecule has 11 heteroatoms. The van der Waals surface area contributed by atoms with Crippen LogP contribution in [-0.4, -0.2) is 73.2 Å². The molecule has 5 N–H and O–H groups in total. The van der Waals surface area contributed by atoms with Crippen molar-refractivity contribution in [1.29, 1.82) is 5.41 Å². The van der Waals surface area contributed by atoms with E-state index in [4.69, 9.17) is 20.6 Å². The third kappa shape index (κ3) is 8.64. The minimum Gasteiger partial charge on any atom is -0.459 e. The zero-order valence-corrected chi connectivity index (χ0v) is 22.2. The van der Waals surface area contributed by atoms with Crippen molar-refractivity contribution in [1.82, 2.24) is 15.5 Å². The number of amides is 2. The van der Waals surface area contributed by atoms with Crippen LogP contribution in [-0.2, 0) is 30.5 Å². The molecule has 2 amide bonds. The third-order valence-corrected chi connectivity index (χ3v) is 7.32. The van der Waals surface area contributed by atoms with Gasteiger partial charge in [-0.05, 0) is 43.2 Å². The zero-order valence-electron chi connectivity index (χ0n) is 22.2. The standard InChI is InChI=1S/C28H39N5O6/c1-19(32-23(11-12-29)26(35)27(36)31-16-25(34)38-14-13-30)24-15-21-9-5-6-10-22(21)17-33(24)28(37)39-18-20-7-3-2-4-8-20/h2-4,7-8,13,21-24,30,32H,1,5-6,9-12,14-18,29H2,(H,31,36)/t21-,22?,23?,24-/m0/s1. The molecule has 0 spiro atoms. The number of carbonyl (C=O) groups is 4. The van der Waals surface area contributed by atoms with Gasteiger partial charge in [0.2, 0.25) is 5.78 Å². The molecule has 4 atom stereocenters. The second kappa shape index (κ2) is 15.0. The molecular formula is C28H39N5O6. The van der Waals surface area contributed by atoms with Crippen molar-refractivity contribution in [3.63, 3.8) is 0 Å². The minimum absolute atomic E-state index is 0.129. The number of likely N-dealkylation sites (tertiary alicyclic amines) is 1. The maximum Gasteiger partial charge on any atom is 0.410 e. The Labute approximate surface area is 229 Å². The molecular weight excluding hydrogens is 502 g/mol. The lowest BCUT2D eigenvalue weighted by molar-refractivity contribution is -0.144. The Bertz CT molecular complexity index is 1030. The fraction of sp³-hybridized carbons (Fsp3) is 0.536. The van der Waals surface area contributed by atoms with Gasteiger partial charge in [0.25, 0.3) is 5.91 Å². The summed E-state index contributed by atoms with van der Waals surface area (Å²) in [6, 6.07) is 8.05. The Balaban J connectivity index is 1.67. The van der Waals surface area contributed by atoms with Crippen molar-refractivity contribution in [2.75, 3.05) is 26.2 Å². The predicted octanol–water partition coefficient (Wildman–Crippen LogP) is 1.90. The number of ether oxygens (including phenoxy) is 2. The number of nitrogens with two attached hydrogens (primary N) is 1. The van der Waals surface area contributed by atoms with E-state index < -0.39 is 42.4 Å². The number of Topliss-reactive ketones (excluding diaryl/α,β-unsaturated/α-hetero) is 1. The summed E-state index contributed by atoms with van der Waals surface area (Å²) in [5.74, 6) is -1.71. The lowest BCUT2D eigenvalue weighted by Gasteiger charge is -2.46. The van der Waals surface area contributed by atoms with Gasteiger partial charge in [0.05, 0.1) is 12.1 Å². The lowest BCUT2D eigenvalue weighted by atomic mass is 9.72. The first-order valence-corrected chi connectivity index (χ1v) is 13.4. The number of nitrogens with zero attached hydrogens (tertiary/aromatic N) is 1. The lowest BCUT2D eigenvalue weighted by Crippen LogP contribution is -2.55. The first-order valence-electron chi connectivity index (χ1n) is 13.4. The van der Waals surface area contributed by atoms with E-state index in [9.17, 15) is 19.2 Å². The summed E-state index contributed by atoms with van der Waals surface area (Å²) >= 11 is 0. The van der Waals surface area contributed by atoms with Crippen molar-refractivity contribution in [2.24, 2.45) is 17.6 Å². The van der Waals surface area contributed by atoms with Crippen LogP contribution < -0.4 is 16.4 Å². The van der Waals surface area contributed by atoms with E-state index in [1.165, 1.54) is 0 Å². The molecule has 1 heterocycles. The molecule has 1 aliphatic heterocycles. The molecule has 39 heavy (non-hydrogen) atoms. The monoisotopic (exact) mass is 541 g/mol. The molecule has 1 aliphatic carbocycles. The largest absolute Gasteiger partial charge is 0.459 e. The number of hydrogen-bond acceptors (Lipinski definition) is 9. The van der Waals surface area contributed by atoms with Crippen LogP contribution in [0.1, 0.15) is 44.1 Å². The van der Waals surface area contributed by atoms with Crippen LogP contribution in [0, 0.1) is 17.2 Å². The molecule has 1 saturated carbocycles. The van der Waals surface area contributed by atoms with Crippen LogP contribution >= 0.6 is 0 Å². The van der Waals surface area contributed by atoms with Crippen LogP contribution in [0.5, 0.6) is 0 Å². The zero-order chi connectivity index (χ0) is 28.2. The van der Waals surface area contributed by atoms with E-state index in [1.54, 1.807) is 4.90 Å². The van der Waals surface area contributed by atoms with E-state index >= 15 is 0 Å². The van der Waals surface area contributed by atoms with E-state index in [1.807, 2.05) is 30.3 Å². The van der Waals surface area contributed by atoms with Gasteiger partial charge in [-0.3, -0.25) is 19.3 Å². The number of carbonyl (C=O) groups excluding carboxylic acids is 4. The Morgan fingerprint density at radius 3 is 2.54 bits per heavy atom. The van der Waals surface area contributed by atoms with Gasteiger partial charge in [-0.1, -0.05) is 56.2 Å². The first kappa shape index (κ1) is 29.8. The summed E-state index contributed by atoms with van der Waals surface area (Å²) in [5.41, 5.74) is 7.05. The van der Waals surface area contributed by atoms with Gasteiger partial charge in [-0.15, -0.1) is 0 Å². The molecule has 1 aromatic carbocycles. The topological polar surface area (TPSA) is 164 Å². The quantitative estimate of drug-likeness (QED) is 0.167. The molecule has 0 bridgehead atoms. The highest BCUT2D eigenvalue weighted by molar-refractivity contribution is 6.38. The number of benzene rings is 1.